The standard InChI is InChI=1S/C17H14Cl2N2O2/c18-13-3-1-11(2-4-13)12-9-16(22)21(10-12)17(23)20-15-7-5-14(19)6-8-15/h1-8,12H,9-10H2,(H,20,23)/t12-/m0/s1. The minimum atomic E-state index is -0.422. The molecule has 0 spiro atoms. The van der Waals surface area contributed by atoms with Crippen molar-refractivity contribution >= 4 is 40.8 Å². The number of amides is 3. The summed E-state index contributed by atoms with van der Waals surface area (Å²) >= 11 is 11.7. The summed E-state index contributed by atoms with van der Waals surface area (Å²) in [5, 5.41) is 3.94. The molecule has 1 saturated heterocycles. The molecule has 0 saturated carbocycles. The number of carbonyl (C=O) groups is 2. The highest BCUT2D eigenvalue weighted by Gasteiger charge is 2.34. The zero-order valence-electron chi connectivity index (χ0n) is 12.1. The molecule has 1 atom stereocenters. The highest BCUT2D eigenvalue weighted by molar-refractivity contribution is 6.30. The fourth-order valence-corrected chi connectivity index (χ4v) is 2.84. The van der Waals surface area contributed by atoms with Crippen LogP contribution in [0, 0.1) is 0 Å². The van der Waals surface area contributed by atoms with E-state index in [1.165, 1.54) is 4.90 Å². The van der Waals surface area contributed by atoms with Crippen molar-refractivity contribution in [2.24, 2.45) is 0 Å². The minimum Gasteiger partial charge on any atom is -0.307 e. The lowest BCUT2D eigenvalue weighted by molar-refractivity contribution is -0.125. The molecule has 118 valence electrons. The summed E-state index contributed by atoms with van der Waals surface area (Å²) in [7, 11) is 0. The van der Waals surface area contributed by atoms with Crippen molar-refractivity contribution in [2.45, 2.75) is 12.3 Å². The van der Waals surface area contributed by atoms with Gasteiger partial charge in [-0.3, -0.25) is 9.69 Å². The van der Waals surface area contributed by atoms with Crippen LogP contribution in [-0.4, -0.2) is 23.4 Å². The van der Waals surface area contributed by atoms with Gasteiger partial charge in [-0.1, -0.05) is 35.3 Å². The number of anilines is 1. The maximum absolute atomic E-state index is 12.3. The Morgan fingerprint density at radius 3 is 2.17 bits per heavy atom. The van der Waals surface area contributed by atoms with E-state index in [4.69, 9.17) is 23.2 Å². The number of carbonyl (C=O) groups excluding carboxylic acids is 2. The molecular weight excluding hydrogens is 335 g/mol. The molecule has 0 aromatic heterocycles. The Balaban J connectivity index is 1.68. The Bertz CT molecular complexity index is 729. The highest BCUT2D eigenvalue weighted by Crippen LogP contribution is 2.29. The number of nitrogens with zero attached hydrogens (tertiary/aromatic N) is 1. The van der Waals surface area contributed by atoms with Crippen molar-refractivity contribution in [3.63, 3.8) is 0 Å². The SMILES string of the molecule is O=C1C[C@H](c2ccc(Cl)cc2)CN1C(=O)Nc1ccc(Cl)cc1. The van der Waals surface area contributed by atoms with Gasteiger partial charge in [0.15, 0.2) is 0 Å². The van der Waals surface area contributed by atoms with Gasteiger partial charge in [0.2, 0.25) is 5.91 Å². The van der Waals surface area contributed by atoms with Crippen molar-refractivity contribution in [3.8, 4) is 0 Å². The molecule has 3 rings (SSSR count). The maximum atomic E-state index is 12.3. The van der Waals surface area contributed by atoms with Crippen LogP contribution in [-0.2, 0) is 4.79 Å². The number of imide groups is 1. The summed E-state index contributed by atoms with van der Waals surface area (Å²) in [5.74, 6) is -0.188. The predicted octanol–water partition coefficient (Wildman–Crippen LogP) is 4.54. The van der Waals surface area contributed by atoms with Gasteiger partial charge in [0.05, 0.1) is 0 Å². The van der Waals surface area contributed by atoms with Gasteiger partial charge in [-0.25, -0.2) is 4.79 Å². The van der Waals surface area contributed by atoms with E-state index in [-0.39, 0.29) is 11.8 Å². The zero-order chi connectivity index (χ0) is 16.4. The van der Waals surface area contributed by atoms with E-state index in [0.717, 1.165) is 5.56 Å². The quantitative estimate of drug-likeness (QED) is 0.865. The number of hydrogen-bond acceptors (Lipinski definition) is 2. The van der Waals surface area contributed by atoms with E-state index in [9.17, 15) is 9.59 Å². The van der Waals surface area contributed by atoms with E-state index >= 15 is 0 Å². The predicted molar refractivity (Wildman–Crippen MR) is 91.0 cm³/mol. The Morgan fingerprint density at radius 2 is 1.57 bits per heavy atom. The van der Waals surface area contributed by atoms with E-state index < -0.39 is 6.03 Å². The van der Waals surface area contributed by atoms with E-state index in [2.05, 4.69) is 5.32 Å². The van der Waals surface area contributed by atoms with Crippen molar-refractivity contribution in [1.29, 1.82) is 0 Å². The molecule has 0 aliphatic carbocycles. The number of nitrogens with one attached hydrogen (secondary N) is 1. The number of benzene rings is 2. The van der Waals surface area contributed by atoms with E-state index in [0.29, 0.717) is 28.7 Å². The van der Waals surface area contributed by atoms with Gasteiger partial charge in [0.25, 0.3) is 0 Å². The largest absolute Gasteiger partial charge is 0.328 e. The summed E-state index contributed by atoms with van der Waals surface area (Å²) < 4.78 is 0. The van der Waals surface area contributed by atoms with Crippen molar-refractivity contribution in [3.05, 3.63) is 64.1 Å². The first-order chi connectivity index (χ1) is 11.0. The molecule has 23 heavy (non-hydrogen) atoms. The van der Waals surface area contributed by atoms with Crippen molar-refractivity contribution < 1.29 is 9.59 Å². The molecule has 2 aromatic rings. The van der Waals surface area contributed by atoms with Gasteiger partial charge in [-0.05, 0) is 42.0 Å². The van der Waals surface area contributed by atoms with Crippen LogP contribution in [0.25, 0.3) is 0 Å². The Hall–Kier alpha value is -2.04. The Kier molecular flexibility index (Phi) is 4.55. The van der Waals surface area contributed by atoms with Gasteiger partial charge >= 0.3 is 6.03 Å². The third-order valence-electron chi connectivity index (χ3n) is 3.81. The average molecular weight is 349 g/mol. The Labute approximate surface area is 144 Å². The molecule has 1 N–H and O–H groups in total. The van der Waals surface area contributed by atoms with Crippen molar-refractivity contribution in [2.75, 3.05) is 11.9 Å². The average Bonchev–Trinajstić information content (AvgIpc) is 2.92. The monoisotopic (exact) mass is 348 g/mol. The molecule has 3 amide bonds. The van der Waals surface area contributed by atoms with Gasteiger partial charge in [-0.2, -0.15) is 0 Å². The molecule has 1 fully saturated rings. The van der Waals surface area contributed by atoms with Crippen LogP contribution >= 0.6 is 23.2 Å². The van der Waals surface area contributed by atoms with Crippen LogP contribution in [0.2, 0.25) is 10.0 Å². The molecule has 0 bridgehead atoms. The number of likely N-dealkylation sites (tertiary alicyclic amines) is 1. The number of rotatable bonds is 2. The van der Waals surface area contributed by atoms with Gasteiger partial charge in [-0.15, -0.1) is 0 Å². The van der Waals surface area contributed by atoms with Crippen molar-refractivity contribution in [1.82, 2.24) is 4.90 Å². The van der Waals surface area contributed by atoms with Gasteiger partial charge in [0, 0.05) is 34.6 Å². The van der Waals surface area contributed by atoms with Crippen LogP contribution in [0.4, 0.5) is 10.5 Å². The van der Waals surface area contributed by atoms with Crippen LogP contribution in [0.1, 0.15) is 17.9 Å². The fourth-order valence-electron chi connectivity index (χ4n) is 2.59. The molecule has 1 aliphatic rings. The van der Waals surface area contributed by atoms with Crippen LogP contribution in [0.15, 0.2) is 48.5 Å². The summed E-state index contributed by atoms with van der Waals surface area (Å²) in [6.07, 6.45) is 0.315. The molecule has 0 unspecified atom stereocenters. The first-order valence-corrected chi connectivity index (χ1v) is 7.91. The summed E-state index contributed by atoms with van der Waals surface area (Å²) in [6, 6.07) is 13.7. The highest BCUT2D eigenvalue weighted by atomic mass is 35.5. The lowest BCUT2D eigenvalue weighted by Gasteiger charge is -2.16. The van der Waals surface area contributed by atoms with E-state index in [1.54, 1.807) is 36.4 Å². The summed E-state index contributed by atoms with van der Waals surface area (Å²) in [4.78, 5) is 25.7. The molecule has 0 radical (unpaired) electrons. The second-order valence-electron chi connectivity index (χ2n) is 5.39. The molecule has 6 heteroatoms. The topological polar surface area (TPSA) is 49.4 Å². The second kappa shape index (κ2) is 6.60. The molecule has 4 nitrogen and oxygen atoms in total. The zero-order valence-corrected chi connectivity index (χ0v) is 13.6. The molecule has 2 aromatic carbocycles. The minimum absolute atomic E-state index is 0.00395. The van der Waals surface area contributed by atoms with Crippen LogP contribution in [0.3, 0.4) is 0 Å². The van der Waals surface area contributed by atoms with Crippen LogP contribution < -0.4 is 5.32 Å². The van der Waals surface area contributed by atoms with E-state index in [1.807, 2.05) is 12.1 Å². The molecular formula is C17H14Cl2N2O2. The van der Waals surface area contributed by atoms with Gasteiger partial charge in [0.1, 0.15) is 0 Å². The lowest BCUT2D eigenvalue weighted by atomic mass is 9.98. The third-order valence-corrected chi connectivity index (χ3v) is 4.31. The third kappa shape index (κ3) is 3.66. The number of urea groups is 1. The van der Waals surface area contributed by atoms with Gasteiger partial charge < -0.3 is 5.32 Å². The molecule has 1 aliphatic heterocycles. The smallest absolute Gasteiger partial charge is 0.307 e. The lowest BCUT2D eigenvalue weighted by Crippen LogP contribution is -2.36. The second-order valence-corrected chi connectivity index (χ2v) is 6.27. The number of hydrogen-bond donors (Lipinski definition) is 1. The first kappa shape index (κ1) is 15.8. The Morgan fingerprint density at radius 1 is 1.00 bits per heavy atom. The van der Waals surface area contributed by atoms with Crippen LogP contribution in [0.5, 0.6) is 0 Å². The normalized spacial score (nSPS) is 17.4. The number of halogens is 2. The summed E-state index contributed by atoms with van der Waals surface area (Å²) in [5.41, 5.74) is 1.60. The maximum Gasteiger partial charge on any atom is 0.328 e. The molecule has 1 heterocycles. The fraction of sp³-hybridized carbons (Fsp3) is 0.176. The summed E-state index contributed by atoms with van der Waals surface area (Å²) in [6.45, 7) is 0.361. The first-order valence-electron chi connectivity index (χ1n) is 7.15.